The molecule has 2 heterocycles. The molecule has 0 saturated carbocycles. The van der Waals surface area contributed by atoms with Gasteiger partial charge in [-0.2, -0.15) is 0 Å². The summed E-state index contributed by atoms with van der Waals surface area (Å²) in [4.78, 5) is 25.3. The summed E-state index contributed by atoms with van der Waals surface area (Å²) in [6, 6.07) is -0.667. The number of hydrogen-bond acceptors (Lipinski definition) is 4. The van der Waals surface area contributed by atoms with E-state index in [-0.39, 0.29) is 17.2 Å². The lowest BCUT2D eigenvalue weighted by atomic mass is 10.1. The Morgan fingerprint density at radius 3 is 2.83 bits per heavy atom. The number of ether oxygens (including phenoxy) is 1. The first-order valence-corrected chi connectivity index (χ1v) is 7.44. The molecule has 3 atom stereocenters. The van der Waals surface area contributed by atoms with E-state index < -0.39 is 12.0 Å². The van der Waals surface area contributed by atoms with E-state index >= 15 is 0 Å². The fourth-order valence-corrected chi connectivity index (χ4v) is 3.98. The third-order valence-electron chi connectivity index (χ3n) is 3.45. The molecule has 102 valence electrons. The van der Waals surface area contributed by atoms with Crippen molar-refractivity contribution in [3.63, 3.8) is 0 Å². The smallest absolute Gasteiger partial charge is 0.327 e. The summed E-state index contributed by atoms with van der Waals surface area (Å²) in [5, 5.41) is 9.24. The second-order valence-electron chi connectivity index (χ2n) is 4.74. The van der Waals surface area contributed by atoms with Crippen LogP contribution < -0.4 is 0 Å². The lowest BCUT2D eigenvalue weighted by Crippen LogP contribution is -2.48. The maximum Gasteiger partial charge on any atom is 0.327 e. The molecule has 0 spiro atoms. The Labute approximate surface area is 111 Å². The lowest BCUT2D eigenvalue weighted by Gasteiger charge is -2.29. The molecular weight excluding hydrogens is 254 g/mol. The number of carbonyl (C=O) groups excluding carboxylic acids is 1. The first-order valence-electron chi connectivity index (χ1n) is 6.39. The zero-order valence-electron chi connectivity index (χ0n) is 10.5. The first kappa shape index (κ1) is 13.7. The predicted octanol–water partition coefficient (Wildman–Crippen LogP) is 1.18. The lowest BCUT2D eigenvalue weighted by molar-refractivity contribution is -0.151. The summed E-state index contributed by atoms with van der Waals surface area (Å²) in [6.07, 6.45) is 2.52. The van der Waals surface area contributed by atoms with Crippen LogP contribution in [0.15, 0.2) is 0 Å². The zero-order chi connectivity index (χ0) is 13.1. The van der Waals surface area contributed by atoms with Gasteiger partial charge in [-0.15, -0.1) is 11.8 Å². The molecule has 2 aliphatic rings. The van der Waals surface area contributed by atoms with E-state index in [4.69, 9.17) is 4.74 Å². The van der Waals surface area contributed by atoms with Crippen molar-refractivity contribution in [1.82, 2.24) is 4.90 Å². The summed E-state index contributed by atoms with van der Waals surface area (Å²) in [7, 11) is 0. The Balaban J connectivity index is 2.11. The van der Waals surface area contributed by atoms with Crippen LogP contribution in [0.1, 0.15) is 26.2 Å². The van der Waals surface area contributed by atoms with Gasteiger partial charge in [-0.05, 0) is 12.8 Å². The van der Waals surface area contributed by atoms with Crippen LogP contribution in [0.5, 0.6) is 0 Å². The number of rotatable bonds is 4. The molecule has 18 heavy (non-hydrogen) atoms. The predicted molar refractivity (Wildman–Crippen MR) is 68.3 cm³/mol. The fourth-order valence-electron chi connectivity index (χ4n) is 2.46. The van der Waals surface area contributed by atoms with Gasteiger partial charge in [0.1, 0.15) is 6.04 Å². The standard InChI is InChI=1S/C12H19NO4S/c1-2-3-10-13(9(7-18-10)12(15)16)11(14)8-4-5-17-6-8/h8-10H,2-7H2,1H3,(H,15,16). The number of nitrogens with zero attached hydrogens (tertiary/aromatic N) is 1. The summed E-state index contributed by atoms with van der Waals surface area (Å²) < 4.78 is 5.23. The molecule has 0 aliphatic carbocycles. The van der Waals surface area contributed by atoms with Gasteiger partial charge in [-0.25, -0.2) is 4.79 Å². The van der Waals surface area contributed by atoms with E-state index in [9.17, 15) is 14.7 Å². The molecule has 0 aromatic carbocycles. The van der Waals surface area contributed by atoms with E-state index in [1.807, 2.05) is 0 Å². The van der Waals surface area contributed by atoms with E-state index in [1.165, 1.54) is 0 Å². The van der Waals surface area contributed by atoms with Crippen LogP contribution in [0, 0.1) is 5.92 Å². The van der Waals surface area contributed by atoms with Gasteiger partial charge in [-0.3, -0.25) is 4.79 Å². The largest absolute Gasteiger partial charge is 0.480 e. The molecule has 2 saturated heterocycles. The third kappa shape index (κ3) is 2.64. The van der Waals surface area contributed by atoms with Gasteiger partial charge in [0.2, 0.25) is 5.91 Å². The summed E-state index contributed by atoms with van der Waals surface area (Å²) in [5.41, 5.74) is 0. The van der Waals surface area contributed by atoms with E-state index in [0.717, 1.165) is 12.8 Å². The Morgan fingerprint density at radius 2 is 2.28 bits per heavy atom. The van der Waals surface area contributed by atoms with Gasteiger partial charge in [0, 0.05) is 12.4 Å². The average molecular weight is 273 g/mol. The second kappa shape index (κ2) is 5.93. The van der Waals surface area contributed by atoms with Crippen molar-refractivity contribution < 1.29 is 19.4 Å². The van der Waals surface area contributed by atoms with E-state index in [1.54, 1.807) is 16.7 Å². The molecule has 1 N–H and O–H groups in total. The van der Waals surface area contributed by atoms with Crippen LogP contribution in [0.25, 0.3) is 0 Å². The molecule has 2 fully saturated rings. The second-order valence-corrected chi connectivity index (χ2v) is 5.95. The summed E-state index contributed by atoms with van der Waals surface area (Å²) in [6.45, 7) is 3.09. The van der Waals surface area contributed by atoms with Crippen molar-refractivity contribution in [3.05, 3.63) is 0 Å². The third-order valence-corrected chi connectivity index (χ3v) is 4.80. The minimum Gasteiger partial charge on any atom is -0.480 e. The van der Waals surface area contributed by atoms with Crippen molar-refractivity contribution in [2.45, 2.75) is 37.6 Å². The average Bonchev–Trinajstić information content (AvgIpc) is 2.97. The van der Waals surface area contributed by atoms with Crippen molar-refractivity contribution in [2.24, 2.45) is 5.92 Å². The van der Waals surface area contributed by atoms with Gasteiger partial charge in [-0.1, -0.05) is 13.3 Å². The highest BCUT2D eigenvalue weighted by Gasteiger charge is 2.43. The highest BCUT2D eigenvalue weighted by Crippen LogP contribution is 2.34. The summed E-state index contributed by atoms with van der Waals surface area (Å²) >= 11 is 1.58. The molecular formula is C12H19NO4S. The number of carbonyl (C=O) groups is 2. The molecule has 3 unspecified atom stereocenters. The molecule has 0 radical (unpaired) electrons. The molecule has 5 nitrogen and oxygen atoms in total. The van der Waals surface area contributed by atoms with E-state index in [0.29, 0.717) is 25.4 Å². The van der Waals surface area contributed by atoms with Gasteiger partial charge in [0.25, 0.3) is 0 Å². The van der Waals surface area contributed by atoms with Crippen molar-refractivity contribution in [3.8, 4) is 0 Å². The highest BCUT2D eigenvalue weighted by molar-refractivity contribution is 8.00. The molecule has 2 aliphatic heterocycles. The molecule has 1 amide bonds. The van der Waals surface area contributed by atoms with Crippen LogP contribution in [0.4, 0.5) is 0 Å². The van der Waals surface area contributed by atoms with Gasteiger partial charge < -0.3 is 14.7 Å². The maximum absolute atomic E-state index is 12.4. The van der Waals surface area contributed by atoms with Crippen molar-refractivity contribution in [1.29, 1.82) is 0 Å². The van der Waals surface area contributed by atoms with Gasteiger partial charge in [0.15, 0.2) is 0 Å². The Hall–Kier alpha value is -0.750. The van der Waals surface area contributed by atoms with Crippen molar-refractivity contribution >= 4 is 23.6 Å². The Bertz CT molecular complexity index is 330. The van der Waals surface area contributed by atoms with Crippen LogP contribution in [-0.2, 0) is 14.3 Å². The van der Waals surface area contributed by atoms with Crippen LogP contribution >= 0.6 is 11.8 Å². The van der Waals surface area contributed by atoms with Crippen LogP contribution in [0.3, 0.4) is 0 Å². The number of thioether (sulfide) groups is 1. The minimum absolute atomic E-state index is 0.0178. The molecule has 0 aromatic rings. The van der Waals surface area contributed by atoms with Gasteiger partial charge >= 0.3 is 5.97 Å². The quantitative estimate of drug-likeness (QED) is 0.833. The molecule has 6 heteroatoms. The summed E-state index contributed by atoms with van der Waals surface area (Å²) in [5.74, 6) is -0.583. The van der Waals surface area contributed by atoms with Crippen LogP contribution in [-0.4, -0.2) is 52.3 Å². The minimum atomic E-state index is -0.895. The number of amides is 1. The van der Waals surface area contributed by atoms with Gasteiger partial charge in [0.05, 0.1) is 17.9 Å². The maximum atomic E-state index is 12.4. The highest BCUT2D eigenvalue weighted by atomic mass is 32.2. The van der Waals surface area contributed by atoms with Crippen LogP contribution in [0.2, 0.25) is 0 Å². The zero-order valence-corrected chi connectivity index (χ0v) is 11.3. The molecule has 2 rings (SSSR count). The normalized spacial score (nSPS) is 31.8. The number of aliphatic carboxylic acids is 1. The first-order chi connectivity index (χ1) is 8.65. The monoisotopic (exact) mass is 273 g/mol. The number of carboxylic acid groups (broad SMARTS) is 1. The SMILES string of the molecule is CCCC1SCC(C(=O)O)N1C(=O)C1CCOC1. The molecule has 0 aromatic heterocycles. The Morgan fingerprint density at radius 1 is 1.50 bits per heavy atom. The van der Waals surface area contributed by atoms with E-state index in [2.05, 4.69) is 6.92 Å². The topological polar surface area (TPSA) is 66.8 Å². The molecule has 0 bridgehead atoms. The number of hydrogen-bond donors (Lipinski definition) is 1. The number of carboxylic acids is 1. The van der Waals surface area contributed by atoms with Crippen molar-refractivity contribution in [2.75, 3.05) is 19.0 Å². The Kier molecular flexibility index (Phi) is 4.50. The fraction of sp³-hybridized carbons (Fsp3) is 0.833.